The van der Waals surface area contributed by atoms with Crippen molar-refractivity contribution in [3.63, 3.8) is 0 Å². The van der Waals surface area contributed by atoms with Crippen molar-refractivity contribution in [2.75, 3.05) is 19.6 Å². The highest BCUT2D eigenvalue weighted by molar-refractivity contribution is 5.80. The third-order valence-corrected chi connectivity index (χ3v) is 4.61. The van der Waals surface area contributed by atoms with Gasteiger partial charge in [0, 0.05) is 26.2 Å². The summed E-state index contributed by atoms with van der Waals surface area (Å²) < 4.78 is 5.46. The summed E-state index contributed by atoms with van der Waals surface area (Å²) in [4.78, 5) is 28.9. The highest BCUT2D eigenvalue weighted by Crippen LogP contribution is 2.22. The lowest BCUT2D eigenvalue weighted by atomic mass is 9.96. The molecule has 0 saturated carbocycles. The van der Waals surface area contributed by atoms with Gasteiger partial charge in [-0.1, -0.05) is 29.8 Å². The zero-order chi connectivity index (χ0) is 19.3. The Kier molecular flexibility index (Phi) is 6.68. The second kappa shape index (κ2) is 8.56. The number of benzene rings is 1. The summed E-state index contributed by atoms with van der Waals surface area (Å²) in [7, 11) is 0. The zero-order valence-electron chi connectivity index (χ0n) is 16.7. The van der Waals surface area contributed by atoms with E-state index in [9.17, 15) is 9.59 Å². The molecule has 0 N–H and O–H groups in total. The van der Waals surface area contributed by atoms with Crippen LogP contribution in [0.2, 0.25) is 0 Å². The number of amides is 2. The number of nitrogens with zero attached hydrogens (tertiary/aromatic N) is 2. The van der Waals surface area contributed by atoms with Crippen LogP contribution in [0, 0.1) is 12.8 Å². The van der Waals surface area contributed by atoms with E-state index in [4.69, 9.17) is 4.74 Å². The van der Waals surface area contributed by atoms with Crippen LogP contribution in [-0.4, -0.2) is 47.0 Å². The van der Waals surface area contributed by atoms with Gasteiger partial charge in [-0.3, -0.25) is 4.79 Å². The first-order valence-corrected chi connectivity index (χ1v) is 9.52. The van der Waals surface area contributed by atoms with E-state index in [0.29, 0.717) is 26.2 Å². The van der Waals surface area contributed by atoms with Crippen molar-refractivity contribution in [2.24, 2.45) is 5.92 Å². The molecule has 26 heavy (non-hydrogen) atoms. The van der Waals surface area contributed by atoms with Crippen LogP contribution < -0.4 is 0 Å². The number of hydrogen-bond acceptors (Lipinski definition) is 3. The van der Waals surface area contributed by atoms with Crippen LogP contribution in [0.1, 0.15) is 51.7 Å². The number of rotatable bonds is 4. The zero-order valence-corrected chi connectivity index (χ0v) is 16.7. The topological polar surface area (TPSA) is 49.9 Å². The second-order valence-electron chi connectivity index (χ2n) is 8.10. The number of carbonyl (C=O) groups is 2. The van der Waals surface area contributed by atoms with E-state index in [2.05, 4.69) is 31.2 Å². The van der Waals surface area contributed by atoms with E-state index in [0.717, 1.165) is 18.4 Å². The fourth-order valence-corrected chi connectivity index (χ4v) is 3.19. The molecule has 1 aromatic rings. The Bertz CT molecular complexity index is 619. The smallest absolute Gasteiger partial charge is 0.410 e. The molecule has 1 aliphatic rings. The molecule has 0 unspecified atom stereocenters. The van der Waals surface area contributed by atoms with Crippen LogP contribution in [0.5, 0.6) is 0 Å². The van der Waals surface area contributed by atoms with Crippen LogP contribution in [0.15, 0.2) is 24.3 Å². The van der Waals surface area contributed by atoms with Crippen LogP contribution in [-0.2, 0) is 16.1 Å². The summed E-state index contributed by atoms with van der Waals surface area (Å²) in [6.07, 6.45) is 1.33. The van der Waals surface area contributed by atoms with Crippen LogP contribution >= 0.6 is 0 Å². The Balaban J connectivity index is 1.99. The largest absolute Gasteiger partial charge is 0.444 e. The molecular weight excluding hydrogens is 328 g/mol. The summed E-state index contributed by atoms with van der Waals surface area (Å²) in [6.45, 7) is 12.0. The molecule has 2 rings (SSSR count). The van der Waals surface area contributed by atoms with Gasteiger partial charge in [-0.05, 0) is 53.0 Å². The van der Waals surface area contributed by atoms with Crippen molar-refractivity contribution in [3.05, 3.63) is 35.4 Å². The van der Waals surface area contributed by atoms with E-state index in [1.807, 2.05) is 32.6 Å². The summed E-state index contributed by atoms with van der Waals surface area (Å²) in [5.74, 6) is -0.0250. The molecule has 0 spiro atoms. The molecule has 1 atom stereocenters. The minimum Gasteiger partial charge on any atom is -0.444 e. The molecule has 5 heteroatoms. The Morgan fingerprint density at radius 2 is 1.88 bits per heavy atom. The van der Waals surface area contributed by atoms with Gasteiger partial charge in [0.05, 0.1) is 5.92 Å². The number of likely N-dealkylation sites (tertiary alicyclic amines) is 1. The second-order valence-corrected chi connectivity index (χ2v) is 8.10. The molecule has 1 heterocycles. The fraction of sp³-hybridized carbons (Fsp3) is 0.619. The predicted molar refractivity (Wildman–Crippen MR) is 103 cm³/mol. The van der Waals surface area contributed by atoms with Crippen molar-refractivity contribution >= 4 is 12.0 Å². The number of piperidine rings is 1. The average Bonchev–Trinajstić information content (AvgIpc) is 2.59. The molecular formula is C21H32N2O3. The molecule has 5 nitrogen and oxygen atoms in total. The maximum atomic E-state index is 13.0. The fourth-order valence-electron chi connectivity index (χ4n) is 3.19. The van der Waals surface area contributed by atoms with Gasteiger partial charge in [0.1, 0.15) is 5.60 Å². The summed E-state index contributed by atoms with van der Waals surface area (Å²) in [6, 6.07) is 8.27. The molecule has 2 amide bonds. The maximum Gasteiger partial charge on any atom is 0.410 e. The molecule has 1 saturated heterocycles. The molecule has 0 aromatic heterocycles. The van der Waals surface area contributed by atoms with Crippen LogP contribution in [0.3, 0.4) is 0 Å². The van der Waals surface area contributed by atoms with E-state index < -0.39 is 5.60 Å². The van der Waals surface area contributed by atoms with E-state index in [1.54, 1.807) is 4.90 Å². The van der Waals surface area contributed by atoms with Gasteiger partial charge in [-0.2, -0.15) is 0 Å². The maximum absolute atomic E-state index is 13.0. The van der Waals surface area contributed by atoms with E-state index in [1.165, 1.54) is 5.56 Å². The van der Waals surface area contributed by atoms with Gasteiger partial charge in [-0.25, -0.2) is 4.79 Å². The standard InChI is InChI=1S/C21H32N2O3/c1-6-22(14-17-11-9-16(2)10-12-17)19(24)18-8-7-13-23(15-18)20(25)26-21(3,4)5/h9-12,18H,6-8,13-15H2,1-5H3/t18-/m0/s1. The Hall–Kier alpha value is -2.04. The molecule has 1 aliphatic heterocycles. The number of carbonyl (C=O) groups excluding carboxylic acids is 2. The van der Waals surface area contributed by atoms with Gasteiger partial charge < -0.3 is 14.5 Å². The highest BCUT2D eigenvalue weighted by atomic mass is 16.6. The lowest BCUT2D eigenvalue weighted by Gasteiger charge is -2.35. The average molecular weight is 360 g/mol. The predicted octanol–water partition coefficient (Wildman–Crippen LogP) is 3.99. The number of hydrogen-bond donors (Lipinski definition) is 0. The summed E-state index contributed by atoms with van der Waals surface area (Å²) >= 11 is 0. The van der Waals surface area contributed by atoms with E-state index in [-0.39, 0.29) is 17.9 Å². The monoisotopic (exact) mass is 360 g/mol. The van der Waals surface area contributed by atoms with Crippen LogP contribution in [0.25, 0.3) is 0 Å². The van der Waals surface area contributed by atoms with Crippen molar-refractivity contribution in [3.8, 4) is 0 Å². The van der Waals surface area contributed by atoms with Crippen molar-refractivity contribution < 1.29 is 14.3 Å². The first-order chi connectivity index (χ1) is 12.2. The Labute approximate surface area is 157 Å². The van der Waals surface area contributed by atoms with Crippen molar-refractivity contribution in [1.29, 1.82) is 0 Å². The molecule has 144 valence electrons. The van der Waals surface area contributed by atoms with Gasteiger partial charge >= 0.3 is 6.09 Å². The Morgan fingerprint density at radius 3 is 2.46 bits per heavy atom. The minimum atomic E-state index is -0.519. The molecule has 1 aromatic carbocycles. The highest BCUT2D eigenvalue weighted by Gasteiger charge is 2.32. The van der Waals surface area contributed by atoms with Crippen molar-refractivity contribution in [1.82, 2.24) is 9.80 Å². The molecule has 0 bridgehead atoms. The normalized spacial score (nSPS) is 17.7. The number of aryl methyl sites for hydroxylation is 1. The lowest BCUT2D eigenvalue weighted by Crippen LogP contribution is -2.47. The first kappa shape index (κ1) is 20.3. The molecule has 0 aliphatic carbocycles. The molecule has 0 radical (unpaired) electrons. The van der Waals surface area contributed by atoms with Crippen molar-refractivity contribution in [2.45, 2.75) is 59.6 Å². The van der Waals surface area contributed by atoms with E-state index >= 15 is 0 Å². The SMILES string of the molecule is CCN(Cc1ccc(C)cc1)C(=O)[C@H]1CCCN(C(=O)OC(C)(C)C)C1. The minimum absolute atomic E-state index is 0.126. The third-order valence-electron chi connectivity index (χ3n) is 4.61. The number of ether oxygens (including phenoxy) is 1. The summed E-state index contributed by atoms with van der Waals surface area (Å²) in [5, 5.41) is 0. The van der Waals surface area contributed by atoms with Gasteiger partial charge in [0.15, 0.2) is 0 Å². The van der Waals surface area contributed by atoms with Gasteiger partial charge in [0.2, 0.25) is 5.91 Å². The van der Waals surface area contributed by atoms with Gasteiger partial charge in [-0.15, -0.1) is 0 Å². The third kappa shape index (κ3) is 5.75. The lowest BCUT2D eigenvalue weighted by molar-refractivity contribution is -0.137. The summed E-state index contributed by atoms with van der Waals surface area (Å²) in [5.41, 5.74) is 1.82. The van der Waals surface area contributed by atoms with Crippen LogP contribution in [0.4, 0.5) is 4.79 Å². The quantitative estimate of drug-likeness (QED) is 0.816. The van der Waals surface area contributed by atoms with Gasteiger partial charge in [0.25, 0.3) is 0 Å². The Morgan fingerprint density at radius 1 is 1.23 bits per heavy atom. The molecule has 1 fully saturated rings. The first-order valence-electron chi connectivity index (χ1n) is 9.52.